The fraction of sp³-hybridized carbons (Fsp3) is 0.458. The Balaban J connectivity index is 1.53. The zero-order valence-corrected chi connectivity index (χ0v) is 20.0. The van der Waals surface area contributed by atoms with Gasteiger partial charge in [-0.05, 0) is 56.9 Å². The fourth-order valence-electron chi connectivity index (χ4n) is 5.13. The van der Waals surface area contributed by atoms with Crippen LogP contribution in [0.25, 0.3) is 11.1 Å². The maximum atomic E-state index is 14.2. The smallest absolute Gasteiger partial charge is 0.257 e. The number of nitrogens with two attached hydrogens (primary N) is 1. The minimum atomic E-state index is -1.92. The van der Waals surface area contributed by atoms with Gasteiger partial charge in [-0.25, -0.2) is 9.38 Å². The molecule has 1 aromatic carbocycles. The first-order valence-corrected chi connectivity index (χ1v) is 12.4. The lowest BCUT2D eigenvalue weighted by atomic mass is 9.67. The van der Waals surface area contributed by atoms with Gasteiger partial charge in [-0.15, -0.1) is 0 Å². The Morgan fingerprint density at radius 3 is 2.82 bits per heavy atom. The van der Waals surface area contributed by atoms with E-state index >= 15 is 0 Å². The lowest BCUT2D eigenvalue weighted by Gasteiger charge is -2.49. The van der Waals surface area contributed by atoms with Crippen LogP contribution in [0.3, 0.4) is 0 Å². The summed E-state index contributed by atoms with van der Waals surface area (Å²) in [5.41, 5.74) is 6.55. The highest BCUT2D eigenvalue weighted by atomic mass is 35.5. The highest BCUT2D eigenvalue weighted by Gasteiger charge is 2.55. The van der Waals surface area contributed by atoms with E-state index in [2.05, 4.69) is 16.4 Å². The van der Waals surface area contributed by atoms with Crippen LogP contribution in [0.4, 0.5) is 4.39 Å². The SMILES string of the molecule is CC(C)(F)C(=O)NC1CCC2Oc3ccc(-c4cncc(Cl)c4)cc3C3(CSC(N)=N3)C2C1. The van der Waals surface area contributed by atoms with Crippen LogP contribution in [0.1, 0.15) is 38.7 Å². The van der Waals surface area contributed by atoms with Crippen LogP contribution < -0.4 is 15.8 Å². The number of alkyl halides is 1. The molecule has 174 valence electrons. The third-order valence-corrected chi connectivity index (χ3v) is 7.97. The van der Waals surface area contributed by atoms with Gasteiger partial charge in [0.25, 0.3) is 5.91 Å². The van der Waals surface area contributed by atoms with Crippen LogP contribution in [-0.4, -0.2) is 39.6 Å². The molecule has 0 radical (unpaired) electrons. The minimum Gasteiger partial charge on any atom is -0.490 e. The highest BCUT2D eigenvalue weighted by Crippen LogP contribution is 2.54. The number of nitrogens with zero attached hydrogens (tertiary/aromatic N) is 2. The quantitative estimate of drug-likeness (QED) is 0.666. The number of hydrogen-bond donors (Lipinski definition) is 2. The van der Waals surface area contributed by atoms with E-state index in [1.165, 1.54) is 25.6 Å². The number of carbonyl (C=O) groups is 1. The summed E-state index contributed by atoms with van der Waals surface area (Å²) in [7, 11) is 0. The molecule has 1 amide bonds. The number of amidine groups is 1. The number of benzene rings is 1. The first kappa shape index (κ1) is 22.5. The maximum absolute atomic E-state index is 14.2. The van der Waals surface area contributed by atoms with Gasteiger partial charge in [-0.1, -0.05) is 29.4 Å². The van der Waals surface area contributed by atoms with E-state index in [9.17, 15) is 9.18 Å². The number of nitrogens with one attached hydrogen (secondary N) is 1. The number of aliphatic imine (C=N–C) groups is 1. The van der Waals surface area contributed by atoms with Gasteiger partial charge in [0.1, 0.15) is 17.4 Å². The molecule has 1 saturated carbocycles. The molecule has 0 saturated heterocycles. The second kappa shape index (κ2) is 8.17. The Kier molecular flexibility index (Phi) is 5.56. The van der Waals surface area contributed by atoms with E-state index in [1.807, 2.05) is 18.2 Å². The summed E-state index contributed by atoms with van der Waals surface area (Å²) in [5, 5.41) is 4.01. The van der Waals surface area contributed by atoms with Crippen molar-refractivity contribution in [3.05, 3.63) is 47.2 Å². The lowest BCUT2D eigenvalue weighted by molar-refractivity contribution is -0.132. The van der Waals surface area contributed by atoms with Gasteiger partial charge < -0.3 is 15.8 Å². The molecule has 3 aliphatic rings. The summed E-state index contributed by atoms with van der Waals surface area (Å²) in [6.45, 7) is 2.56. The Bertz CT molecular complexity index is 1140. The largest absolute Gasteiger partial charge is 0.490 e. The third-order valence-electron chi connectivity index (χ3n) is 6.79. The summed E-state index contributed by atoms with van der Waals surface area (Å²) in [6.07, 6.45) is 5.46. The Morgan fingerprint density at radius 1 is 1.30 bits per heavy atom. The van der Waals surface area contributed by atoms with Gasteiger partial charge in [-0.3, -0.25) is 9.78 Å². The second-order valence-electron chi connectivity index (χ2n) is 9.48. The number of fused-ring (bicyclic) bond motifs is 4. The molecule has 9 heteroatoms. The van der Waals surface area contributed by atoms with Gasteiger partial charge in [-0.2, -0.15) is 0 Å². The van der Waals surface area contributed by atoms with Crippen molar-refractivity contribution in [1.29, 1.82) is 0 Å². The Morgan fingerprint density at radius 2 is 2.12 bits per heavy atom. The zero-order chi connectivity index (χ0) is 23.4. The maximum Gasteiger partial charge on any atom is 0.257 e. The molecule has 6 nitrogen and oxygen atoms in total. The molecular formula is C24H26ClFN4O2S. The summed E-state index contributed by atoms with van der Waals surface area (Å²) in [6, 6.07) is 7.82. The van der Waals surface area contributed by atoms with Crippen molar-refractivity contribution < 1.29 is 13.9 Å². The molecule has 33 heavy (non-hydrogen) atoms. The molecule has 3 heterocycles. The monoisotopic (exact) mass is 488 g/mol. The summed E-state index contributed by atoms with van der Waals surface area (Å²) >= 11 is 7.71. The van der Waals surface area contributed by atoms with Crippen molar-refractivity contribution in [2.75, 3.05) is 5.75 Å². The molecule has 3 N–H and O–H groups in total. The molecule has 2 aliphatic heterocycles. The predicted octanol–water partition coefficient (Wildman–Crippen LogP) is 4.45. The van der Waals surface area contributed by atoms with E-state index < -0.39 is 17.1 Å². The number of ether oxygens (including phenoxy) is 1. The first-order valence-electron chi connectivity index (χ1n) is 11.1. The van der Waals surface area contributed by atoms with Crippen LogP contribution in [0.5, 0.6) is 5.75 Å². The van der Waals surface area contributed by atoms with E-state index in [4.69, 9.17) is 27.1 Å². The number of amides is 1. The molecule has 0 bridgehead atoms. The summed E-state index contributed by atoms with van der Waals surface area (Å²) < 4.78 is 20.6. The fourth-order valence-corrected chi connectivity index (χ4v) is 6.33. The molecule has 1 spiro atoms. The van der Waals surface area contributed by atoms with Crippen LogP contribution >= 0.6 is 23.4 Å². The van der Waals surface area contributed by atoms with Crippen LogP contribution in [-0.2, 0) is 10.3 Å². The average Bonchev–Trinajstić information content (AvgIpc) is 3.16. The third kappa shape index (κ3) is 4.08. The number of rotatable bonds is 3. The van der Waals surface area contributed by atoms with Crippen LogP contribution in [0.2, 0.25) is 5.02 Å². The van der Waals surface area contributed by atoms with E-state index in [0.29, 0.717) is 22.4 Å². The lowest BCUT2D eigenvalue weighted by Crippen LogP contribution is -2.55. The molecule has 4 atom stereocenters. The number of carbonyl (C=O) groups excluding carboxylic acids is 1. The van der Waals surface area contributed by atoms with Gasteiger partial charge in [0.15, 0.2) is 10.8 Å². The van der Waals surface area contributed by atoms with Crippen LogP contribution in [0, 0.1) is 5.92 Å². The number of pyridine rings is 1. The van der Waals surface area contributed by atoms with Gasteiger partial charge in [0, 0.05) is 41.2 Å². The number of thioether (sulfide) groups is 1. The van der Waals surface area contributed by atoms with E-state index in [-0.39, 0.29) is 18.1 Å². The predicted molar refractivity (Wildman–Crippen MR) is 129 cm³/mol. The molecule has 1 aliphatic carbocycles. The van der Waals surface area contributed by atoms with Crippen molar-refractivity contribution in [3.8, 4) is 16.9 Å². The molecular weight excluding hydrogens is 463 g/mol. The Labute approximate surface area is 201 Å². The van der Waals surface area contributed by atoms with Crippen molar-refractivity contribution >= 4 is 34.4 Å². The number of halogens is 2. The van der Waals surface area contributed by atoms with Crippen molar-refractivity contribution in [1.82, 2.24) is 10.3 Å². The Hall–Kier alpha value is -2.32. The normalized spacial score (nSPS) is 28.5. The van der Waals surface area contributed by atoms with Gasteiger partial charge in [0.2, 0.25) is 0 Å². The molecule has 5 rings (SSSR count). The first-order chi connectivity index (χ1) is 15.7. The number of hydrogen-bond acceptors (Lipinski definition) is 6. The molecule has 1 aromatic heterocycles. The van der Waals surface area contributed by atoms with Crippen molar-refractivity contribution in [3.63, 3.8) is 0 Å². The summed E-state index contributed by atoms with van der Waals surface area (Å²) in [4.78, 5) is 21.5. The average molecular weight is 489 g/mol. The highest BCUT2D eigenvalue weighted by molar-refractivity contribution is 8.14. The molecule has 1 fully saturated rings. The van der Waals surface area contributed by atoms with Crippen molar-refractivity contribution in [2.24, 2.45) is 16.6 Å². The topological polar surface area (TPSA) is 89.6 Å². The number of aromatic nitrogens is 1. The van der Waals surface area contributed by atoms with E-state index in [1.54, 1.807) is 12.4 Å². The standard InChI is InChI=1S/C24H26ClFN4O2S/c1-23(2,26)21(31)29-16-4-6-20-18(9-16)24(12-33-22(27)30-24)17-8-13(3-5-19(17)32-20)14-7-15(25)11-28-10-14/h3,5,7-8,10-11,16,18,20H,4,6,9,12H2,1-2H3,(H2,27,30)(H,29,31). The second-order valence-corrected chi connectivity index (χ2v) is 10.9. The minimum absolute atomic E-state index is 0.00746. The summed E-state index contributed by atoms with van der Waals surface area (Å²) in [5.74, 6) is 0.925. The van der Waals surface area contributed by atoms with Gasteiger partial charge in [0.05, 0.1) is 5.02 Å². The van der Waals surface area contributed by atoms with Crippen LogP contribution in [0.15, 0.2) is 41.7 Å². The van der Waals surface area contributed by atoms with Gasteiger partial charge >= 0.3 is 0 Å². The molecule has 2 aromatic rings. The molecule has 4 unspecified atom stereocenters. The van der Waals surface area contributed by atoms with E-state index in [0.717, 1.165) is 35.3 Å². The van der Waals surface area contributed by atoms with Crippen molar-refractivity contribution in [2.45, 2.75) is 56.5 Å². The zero-order valence-electron chi connectivity index (χ0n) is 18.5.